The van der Waals surface area contributed by atoms with Crippen molar-refractivity contribution in [2.45, 2.75) is 19.4 Å². The zero-order chi connectivity index (χ0) is 20.9. The molecule has 3 rings (SSSR count). The van der Waals surface area contributed by atoms with E-state index in [1.807, 2.05) is 42.5 Å². The Morgan fingerprint density at radius 2 is 1.72 bits per heavy atom. The van der Waals surface area contributed by atoms with E-state index in [9.17, 15) is 13.2 Å². The molecule has 156 valence electrons. The number of ether oxygens (including phenoxy) is 2. The highest BCUT2D eigenvalue weighted by molar-refractivity contribution is 7.89. The second kappa shape index (κ2) is 9.28. The van der Waals surface area contributed by atoms with E-state index in [0.29, 0.717) is 24.5 Å². The van der Waals surface area contributed by atoms with Gasteiger partial charge in [-0.15, -0.1) is 0 Å². The molecule has 1 aliphatic heterocycles. The quantitative estimate of drug-likeness (QED) is 0.706. The number of fused-ring (bicyclic) bond motifs is 1. The van der Waals surface area contributed by atoms with Gasteiger partial charge >= 0.3 is 0 Å². The van der Waals surface area contributed by atoms with Gasteiger partial charge in [0.1, 0.15) is 0 Å². The molecule has 1 N–H and O–H groups in total. The fourth-order valence-corrected chi connectivity index (χ4v) is 4.71. The van der Waals surface area contributed by atoms with Gasteiger partial charge in [-0.25, -0.2) is 8.42 Å². The molecule has 29 heavy (non-hydrogen) atoms. The summed E-state index contributed by atoms with van der Waals surface area (Å²) in [5.74, 6) is 0.908. The third kappa shape index (κ3) is 5.27. The van der Waals surface area contributed by atoms with Crippen LogP contribution in [0.5, 0.6) is 11.5 Å². The van der Waals surface area contributed by atoms with Gasteiger partial charge in [0.05, 0.1) is 26.4 Å². The largest absolute Gasteiger partial charge is 0.493 e. The molecule has 0 saturated heterocycles. The van der Waals surface area contributed by atoms with E-state index < -0.39 is 10.0 Å². The van der Waals surface area contributed by atoms with Gasteiger partial charge in [0.15, 0.2) is 11.5 Å². The summed E-state index contributed by atoms with van der Waals surface area (Å²) in [5, 5.41) is 2.70. The Hall–Kier alpha value is -2.58. The van der Waals surface area contributed by atoms with Gasteiger partial charge < -0.3 is 14.8 Å². The summed E-state index contributed by atoms with van der Waals surface area (Å²) in [6, 6.07) is 13.1. The normalized spacial score (nSPS) is 14.1. The Morgan fingerprint density at radius 3 is 2.38 bits per heavy atom. The summed E-state index contributed by atoms with van der Waals surface area (Å²) in [6.45, 7) is 0.780. The molecule has 8 heteroatoms. The average Bonchev–Trinajstić information content (AvgIpc) is 2.72. The Bertz CT molecular complexity index is 961. The first-order valence-corrected chi connectivity index (χ1v) is 11.1. The standard InChI is InChI=1S/C21H26N2O5S/c1-27-19-13-17-8-10-23(15-18(17)14-20(19)28-2)29(25,26)11-9-22-21(24)12-16-6-4-3-5-7-16/h3-7,13-14H,8-12,15H2,1-2H3,(H,22,24). The number of benzene rings is 2. The molecule has 0 saturated carbocycles. The number of hydrogen-bond acceptors (Lipinski definition) is 5. The first-order chi connectivity index (χ1) is 13.9. The van der Waals surface area contributed by atoms with Crippen LogP contribution in [0, 0.1) is 0 Å². The van der Waals surface area contributed by atoms with Crippen molar-refractivity contribution in [2.24, 2.45) is 0 Å². The molecule has 7 nitrogen and oxygen atoms in total. The topological polar surface area (TPSA) is 84.9 Å². The number of carbonyl (C=O) groups is 1. The Morgan fingerprint density at radius 1 is 1.07 bits per heavy atom. The maximum absolute atomic E-state index is 12.7. The Kier molecular flexibility index (Phi) is 6.76. The van der Waals surface area contributed by atoms with E-state index in [1.54, 1.807) is 14.2 Å². The van der Waals surface area contributed by atoms with Crippen LogP contribution in [0.3, 0.4) is 0 Å². The van der Waals surface area contributed by atoms with Crippen LogP contribution in [0.4, 0.5) is 0 Å². The number of carbonyl (C=O) groups excluding carboxylic acids is 1. The lowest BCUT2D eigenvalue weighted by atomic mass is 10.0. The predicted molar refractivity (Wildman–Crippen MR) is 111 cm³/mol. The minimum atomic E-state index is -3.48. The van der Waals surface area contributed by atoms with Crippen LogP contribution in [0.2, 0.25) is 0 Å². The van der Waals surface area contributed by atoms with Gasteiger partial charge in [-0.1, -0.05) is 30.3 Å². The van der Waals surface area contributed by atoms with Gasteiger partial charge in [0.25, 0.3) is 0 Å². The minimum absolute atomic E-state index is 0.0866. The van der Waals surface area contributed by atoms with Crippen LogP contribution in [0.1, 0.15) is 16.7 Å². The maximum Gasteiger partial charge on any atom is 0.224 e. The third-order valence-corrected chi connectivity index (χ3v) is 6.78. The maximum atomic E-state index is 12.7. The lowest BCUT2D eigenvalue weighted by Gasteiger charge is -2.29. The Labute approximate surface area is 171 Å². The smallest absolute Gasteiger partial charge is 0.224 e. The van der Waals surface area contributed by atoms with E-state index in [-0.39, 0.29) is 31.2 Å². The fraction of sp³-hybridized carbons (Fsp3) is 0.381. The van der Waals surface area contributed by atoms with Crippen LogP contribution in [-0.4, -0.2) is 51.7 Å². The van der Waals surface area contributed by atoms with Crippen LogP contribution in [0.25, 0.3) is 0 Å². The van der Waals surface area contributed by atoms with Crippen molar-refractivity contribution in [3.63, 3.8) is 0 Å². The zero-order valence-corrected chi connectivity index (χ0v) is 17.5. The lowest BCUT2D eigenvalue weighted by Crippen LogP contribution is -2.40. The van der Waals surface area contributed by atoms with Gasteiger partial charge in [-0.2, -0.15) is 4.31 Å². The second-order valence-corrected chi connectivity index (χ2v) is 8.98. The number of methoxy groups -OCH3 is 2. The van der Waals surface area contributed by atoms with Crippen molar-refractivity contribution in [3.8, 4) is 11.5 Å². The van der Waals surface area contributed by atoms with Crippen molar-refractivity contribution < 1.29 is 22.7 Å². The molecular formula is C21H26N2O5S. The van der Waals surface area contributed by atoms with Crippen molar-refractivity contribution in [2.75, 3.05) is 33.1 Å². The van der Waals surface area contributed by atoms with Crippen LogP contribution in [-0.2, 0) is 34.2 Å². The number of amides is 1. The molecule has 0 radical (unpaired) electrons. The molecule has 0 spiro atoms. The van der Waals surface area contributed by atoms with E-state index in [0.717, 1.165) is 16.7 Å². The molecule has 0 fully saturated rings. The summed E-state index contributed by atoms with van der Waals surface area (Å²) in [7, 11) is -0.349. The molecule has 0 bridgehead atoms. The highest BCUT2D eigenvalue weighted by Crippen LogP contribution is 2.33. The molecule has 0 atom stereocenters. The molecule has 0 aromatic heterocycles. The zero-order valence-electron chi connectivity index (χ0n) is 16.7. The molecule has 0 unspecified atom stereocenters. The lowest BCUT2D eigenvalue weighted by molar-refractivity contribution is -0.120. The van der Waals surface area contributed by atoms with Gasteiger partial charge in [-0.3, -0.25) is 4.79 Å². The SMILES string of the molecule is COc1cc2c(cc1OC)CN(S(=O)(=O)CCNC(=O)Cc1ccccc1)CC2. The van der Waals surface area contributed by atoms with E-state index in [2.05, 4.69) is 5.32 Å². The van der Waals surface area contributed by atoms with Crippen molar-refractivity contribution >= 4 is 15.9 Å². The average molecular weight is 419 g/mol. The summed E-state index contributed by atoms with van der Waals surface area (Å²) < 4.78 is 37.6. The van der Waals surface area contributed by atoms with Gasteiger partial charge in [0.2, 0.25) is 15.9 Å². The number of rotatable bonds is 8. The number of hydrogen-bond donors (Lipinski definition) is 1. The Balaban J connectivity index is 1.57. The summed E-state index contributed by atoms with van der Waals surface area (Å²) in [6.07, 6.45) is 0.842. The molecular weight excluding hydrogens is 392 g/mol. The van der Waals surface area contributed by atoms with Gasteiger partial charge in [0, 0.05) is 19.6 Å². The molecule has 1 amide bonds. The highest BCUT2D eigenvalue weighted by atomic mass is 32.2. The second-order valence-electron chi connectivity index (χ2n) is 6.89. The first-order valence-electron chi connectivity index (χ1n) is 9.45. The highest BCUT2D eigenvalue weighted by Gasteiger charge is 2.27. The molecule has 2 aromatic rings. The molecule has 1 heterocycles. The summed E-state index contributed by atoms with van der Waals surface area (Å²) in [4.78, 5) is 12.0. The monoisotopic (exact) mass is 418 g/mol. The summed E-state index contributed by atoms with van der Waals surface area (Å²) in [5.41, 5.74) is 2.86. The fourth-order valence-electron chi connectivity index (χ4n) is 3.39. The van der Waals surface area contributed by atoms with Crippen molar-refractivity contribution in [1.29, 1.82) is 0 Å². The van der Waals surface area contributed by atoms with Crippen LogP contribution >= 0.6 is 0 Å². The third-order valence-electron chi connectivity index (χ3n) is 4.97. The molecule has 1 aliphatic rings. The van der Waals surface area contributed by atoms with E-state index in [4.69, 9.17) is 9.47 Å². The van der Waals surface area contributed by atoms with Crippen molar-refractivity contribution in [1.82, 2.24) is 9.62 Å². The van der Waals surface area contributed by atoms with Gasteiger partial charge in [-0.05, 0) is 35.2 Å². The number of nitrogens with one attached hydrogen (secondary N) is 1. The molecule has 2 aromatic carbocycles. The number of nitrogens with zero attached hydrogens (tertiary/aromatic N) is 1. The van der Waals surface area contributed by atoms with Crippen LogP contribution < -0.4 is 14.8 Å². The van der Waals surface area contributed by atoms with E-state index >= 15 is 0 Å². The number of sulfonamides is 1. The predicted octanol–water partition coefficient (Wildman–Crippen LogP) is 1.75. The summed E-state index contributed by atoms with van der Waals surface area (Å²) >= 11 is 0. The molecule has 0 aliphatic carbocycles. The van der Waals surface area contributed by atoms with Crippen molar-refractivity contribution in [3.05, 3.63) is 59.2 Å². The first kappa shape index (κ1) is 21.1. The van der Waals surface area contributed by atoms with E-state index in [1.165, 1.54) is 4.31 Å². The minimum Gasteiger partial charge on any atom is -0.493 e. The van der Waals surface area contributed by atoms with Crippen LogP contribution in [0.15, 0.2) is 42.5 Å².